The van der Waals surface area contributed by atoms with Gasteiger partial charge >= 0.3 is 5.97 Å². The van der Waals surface area contributed by atoms with Crippen LogP contribution in [0.15, 0.2) is 9.98 Å². The van der Waals surface area contributed by atoms with Gasteiger partial charge in [-0.1, -0.05) is 20.3 Å². The first-order chi connectivity index (χ1) is 17.3. The molecule has 0 aliphatic rings. The summed E-state index contributed by atoms with van der Waals surface area (Å²) >= 11 is 0. The highest BCUT2D eigenvalue weighted by molar-refractivity contribution is 5.94. The summed E-state index contributed by atoms with van der Waals surface area (Å²) in [5.41, 5.74) is 26.9. The highest BCUT2D eigenvalue weighted by Crippen LogP contribution is 2.10. The molecule has 0 aromatic rings. The predicted octanol–water partition coefficient (Wildman–Crippen LogP) is -4.00. The fourth-order valence-electron chi connectivity index (χ4n) is 3.10. The third kappa shape index (κ3) is 13.9. The lowest BCUT2D eigenvalue weighted by Crippen LogP contribution is -2.59. The Morgan fingerprint density at radius 3 is 1.78 bits per heavy atom. The Hall–Kier alpha value is -3.66. The van der Waals surface area contributed by atoms with E-state index in [-0.39, 0.29) is 50.2 Å². The quantitative estimate of drug-likeness (QED) is 0.0462. The minimum Gasteiger partial charge on any atom is -0.480 e. The van der Waals surface area contributed by atoms with Crippen LogP contribution in [-0.4, -0.2) is 89.7 Å². The summed E-state index contributed by atoms with van der Waals surface area (Å²) in [4.78, 5) is 57.2. The van der Waals surface area contributed by atoms with Crippen LogP contribution >= 0.6 is 0 Å². The van der Waals surface area contributed by atoms with Crippen LogP contribution < -0.4 is 44.6 Å². The van der Waals surface area contributed by atoms with Crippen LogP contribution in [0.4, 0.5) is 0 Å². The zero-order chi connectivity index (χ0) is 28.5. The lowest BCUT2D eigenvalue weighted by Gasteiger charge is -2.27. The molecule has 0 spiro atoms. The number of nitrogens with one attached hydrogen (secondary N) is 3. The Kier molecular flexibility index (Phi) is 16.0. The largest absolute Gasteiger partial charge is 0.480 e. The van der Waals surface area contributed by atoms with Gasteiger partial charge in [0.05, 0.1) is 12.6 Å². The molecule has 16 nitrogen and oxygen atoms in total. The zero-order valence-electron chi connectivity index (χ0n) is 21.4. The van der Waals surface area contributed by atoms with Gasteiger partial charge in [0.25, 0.3) is 0 Å². The third-order valence-corrected chi connectivity index (χ3v) is 5.47. The molecule has 37 heavy (non-hydrogen) atoms. The second-order valence-electron chi connectivity index (χ2n) is 8.52. The molecule has 0 saturated carbocycles. The van der Waals surface area contributed by atoms with E-state index in [0.29, 0.717) is 12.8 Å². The van der Waals surface area contributed by atoms with Crippen molar-refractivity contribution in [1.29, 1.82) is 0 Å². The van der Waals surface area contributed by atoms with E-state index in [1.165, 1.54) is 0 Å². The maximum atomic E-state index is 12.9. The van der Waals surface area contributed by atoms with E-state index in [1.54, 1.807) is 6.92 Å². The summed E-state index contributed by atoms with van der Waals surface area (Å²) in [7, 11) is 0. The second kappa shape index (κ2) is 17.7. The molecule has 3 amide bonds. The van der Waals surface area contributed by atoms with Crippen LogP contribution in [0, 0.1) is 5.92 Å². The fraction of sp³-hybridized carbons (Fsp3) is 0.714. The number of carbonyl (C=O) groups is 4. The molecule has 5 unspecified atom stereocenters. The van der Waals surface area contributed by atoms with Crippen molar-refractivity contribution in [1.82, 2.24) is 16.0 Å². The number of rotatable bonds is 18. The number of aliphatic carboxylic acids is 1. The van der Waals surface area contributed by atoms with Crippen LogP contribution in [0.25, 0.3) is 0 Å². The number of hydrogen-bond acceptors (Lipinski definition) is 8. The number of nitrogens with zero attached hydrogens (tertiary/aromatic N) is 2. The lowest BCUT2D eigenvalue weighted by atomic mass is 9.97. The SMILES string of the molecule is CCC(C)C(NC(=O)C(N)CCCN=C(N)N)C(=O)NC(CO)C(=O)NC(CCCN=C(N)N)C(=O)O. The molecule has 0 heterocycles. The van der Waals surface area contributed by atoms with E-state index in [4.69, 9.17) is 28.7 Å². The molecule has 16 heteroatoms. The van der Waals surface area contributed by atoms with E-state index >= 15 is 0 Å². The van der Waals surface area contributed by atoms with Gasteiger partial charge in [0.1, 0.15) is 18.1 Å². The number of nitrogens with two attached hydrogens (primary N) is 5. The molecule has 0 aromatic heterocycles. The number of carbonyl (C=O) groups excluding carboxylic acids is 3. The summed E-state index contributed by atoms with van der Waals surface area (Å²) < 4.78 is 0. The van der Waals surface area contributed by atoms with Crippen molar-refractivity contribution in [3.05, 3.63) is 0 Å². The average Bonchev–Trinajstić information content (AvgIpc) is 2.83. The molecule has 0 fully saturated rings. The number of aliphatic hydroxyl groups is 1. The van der Waals surface area contributed by atoms with Crippen molar-refractivity contribution in [2.45, 2.75) is 70.1 Å². The smallest absolute Gasteiger partial charge is 0.326 e. The predicted molar refractivity (Wildman–Crippen MR) is 138 cm³/mol. The maximum absolute atomic E-state index is 12.9. The number of hydrogen-bond donors (Lipinski definition) is 10. The summed E-state index contributed by atoms with van der Waals surface area (Å²) in [5.74, 6) is -4.09. The molecular weight excluding hydrogens is 488 g/mol. The van der Waals surface area contributed by atoms with Crippen molar-refractivity contribution < 1.29 is 29.4 Å². The summed E-state index contributed by atoms with van der Waals surface area (Å²) in [5, 5.41) is 26.3. The highest BCUT2D eigenvalue weighted by atomic mass is 16.4. The topological polar surface area (TPSA) is 300 Å². The Balaban J connectivity index is 5.19. The van der Waals surface area contributed by atoms with E-state index in [9.17, 15) is 29.4 Å². The Bertz CT molecular complexity index is 814. The Morgan fingerprint density at radius 1 is 0.811 bits per heavy atom. The van der Waals surface area contributed by atoms with E-state index in [1.807, 2.05) is 6.92 Å². The van der Waals surface area contributed by atoms with Gasteiger partial charge in [-0.25, -0.2) is 4.79 Å². The molecule has 15 N–H and O–H groups in total. The van der Waals surface area contributed by atoms with Gasteiger partial charge in [0.15, 0.2) is 11.9 Å². The molecule has 0 saturated heterocycles. The van der Waals surface area contributed by atoms with Crippen LogP contribution in [-0.2, 0) is 19.2 Å². The van der Waals surface area contributed by atoms with Crippen LogP contribution in [0.1, 0.15) is 46.0 Å². The van der Waals surface area contributed by atoms with Crippen LogP contribution in [0.5, 0.6) is 0 Å². The highest BCUT2D eigenvalue weighted by Gasteiger charge is 2.32. The van der Waals surface area contributed by atoms with Gasteiger partial charge in [-0.3, -0.25) is 24.4 Å². The van der Waals surface area contributed by atoms with Crippen molar-refractivity contribution in [3.8, 4) is 0 Å². The van der Waals surface area contributed by atoms with E-state index < -0.39 is 54.5 Å². The molecule has 5 atom stereocenters. The number of aliphatic imine (C=N–C) groups is 2. The lowest BCUT2D eigenvalue weighted by molar-refractivity contribution is -0.142. The van der Waals surface area contributed by atoms with E-state index in [2.05, 4.69) is 25.9 Å². The standard InChI is InChI=1S/C21H42N10O6/c1-3-11(2)15(31-16(33)12(22)6-4-8-27-20(23)24)18(35)30-14(10-32)17(34)29-13(19(36)37)7-5-9-28-21(25)26/h11-15,32H,3-10,22H2,1-2H3,(H,29,34)(H,30,35)(H,31,33)(H,36,37)(H4,23,24,27)(H4,25,26,28). The van der Waals surface area contributed by atoms with Gasteiger partial charge in [-0.05, 0) is 31.6 Å². The minimum atomic E-state index is -1.45. The zero-order valence-corrected chi connectivity index (χ0v) is 21.4. The fourth-order valence-corrected chi connectivity index (χ4v) is 3.10. The maximum Gasteiger partial charge on any atom is 0.326 e. The number of amides is 3. The molecular formula is C21H42N10O6. The van der Waals surface area contributed by atoms with Crippen LogP contribution in [0.2, 0.25) is 0 Å². The third-order valence-electron chi connectivity index (χ3n) is 5.47. The Morgan fingerprint density at radius 2 is 1.32 bits per heavy atom. The second-order valence-corrected chi connectivity index (χ2v) is 8.52. The number of aliphatic hydroxyl groups excluding tert-OH is 1. The molecule has 0 radical (unpaired) electrons. The summed E-state index contributed by atoms with van der Waals surface area (Å²) in [6, 6.07) is -4.74. The number of carboxylic acids is 1. The summed E-state index contributed by atoms with van der Waals surface area (Å²) in [6.07, 6.45) is 1.48. The molecule has 0 rings (SSSR count). The minimum absolute atomic E-state index is 0.0105. The summed E-state index contributed by atoms with van der Waals surface area (Å²) in [6.45, 7) is 3.18. The molecule has 0 bridgehead atoms. The van der Waals surface area contributed by atoms with E-state index in [0.717, 1.165) is 0 Å². The number of guanidine groups is 2. The van der Waals surface area contributed by atoms with Crippen LogP contribution in [0.3, 0.4) is 0 Å². The van der Waals surface area contributed by atoms with Gasteiger partial charge in [-0.2, -0.15) is 0 Å². The molecule has 0 aliphatic heterocycles. The molecule has 212 valence electrons. The van der Waals surface area contributed by atoms with Gasteiger partial charge in [-0.15, -0.1) is 0 Å². The first kappa shape index (κ1) is 33.3. The average molecular weight is 531 g/mol. The first-order valence-corrected chi connectivity index (χ1v) is 11.9. The van der Waals surface area contributed by atoms with Crippen molar-refractivity contribution in [3.63, 3.8) is 0 Å². The first-order valence-electron chi connectivity index (χ1n) is 11.9. The van der Waals surface area contributed by atoms with Gasteiger partial charge in [0.2, 0.25) is 17.7 Å². The van der Waals surface area contributed by atoms with Gasteiger partial charge in [0, 0.05) is 13.1 Å². The van der Waals surface area contributed by atoms with Crippen molar-refractivity contribution >= 4 is 35.6 Å². The van der Waals surface area contributed by atoms with Crippen molar-refractivity contribution in [2.24, 2.45) is 44.6 Å². The number of carboxylic acid groups (broad SMARTS) is 1. The Labute approximate surface area is 215 Å². The molecule has 0 aromatic carbocycles. The van der Waals surface area contributed by atoms with Gasteiger partial charge < -0.3 is 54.8 Å². The molecule has 0 aliphatic carbocycles. The monoisotopic (exact) mass is 530 g/mol. The van der Waals surface area contributed by atoms with Crippen molar-refractivity contribution in [2.75, 3.05) is 19.7 Å². The normalized spacial score (nSPS) is 14.7.